The molecule has 0 bridgehead atoms. The summed E-state index contributed by atoms with van der Waals surface area (Å²) in [7, 11) is 0. The van der Waals surface area contributed by atoms with Crippen molar-refractivity contribution < 1.29 is 4.74 Å². The predicted molar refractivity (Wildman–Crippen MR) is 88.9 cm³/mol. The van der Waals surface area contributed by atoms with Gasteiger partial charge in [0, 0.05) is 30.9 Å². The van der Waals surface area contributed by atoms with Gasteiger partial charge >= 0.3 is 0 Å². The summed E-state index contributed by atoms with van der Waals surface area (Å²) < 4.78 is 5.39. The van der Waals surface area contributed by atoms with Crippen LogP contribution in [0.1, 0.15) is 36.2 Å². The van der Waals surface area contributed by atoms with Gasteiger partial charge in [0.1, 0.15) is 0 Å². The first-order valence-corrected chi connectivity index (χ1v) is 8.50. The van der Waals surface area contributed by atoms with Crippen LogP contribution in [0.3, 0.4) is 0 Å². The van der Waals surface area contributed by atoms with Crippen molar-refractivity contribution in [1.82, 2.24) is 10.3 Å². The highest BCUT2D eigenvalue weighted by Gasteiger charge is 2.13. The third-order valence-corrected chi connectivity index (χ3v) is 4.29. The molecule has 0 amide bonds. The van der Waals surface area contributed by atoms with Gasteiger partial charge in [-0.1, -0.05) is 37.3 Å². The number of ether oxygens (including phenoxy) is 1. The number of hydrogen-bond donors (Lipinski definition) is 1. The number of hydrogen-bond acceptors (Lipinski definition) is 4. The van der Waals surface area contributed by atoms with Crippen LogP contribution in [0.25, 0.3) is 0 Å². The van der Waals surface area contributed by atoms with E-state index in [1.54, 1.807) is 11.3 Å². The highest BCUT2D eigenvalue weighted by atomic mass is 32.1. The number of likely N-dealkylation sites (N-methyl/N-ethyl adjacent to an activating group) is 1. The minimum atomic E-state index is 0.332. The summed E-state index contributed by atoms with van der Waals surface area (Å²) >= 11 is 1.74. The van der Waals surface area contributed by atoms with E-state index in [1.165, 1.54) is 16.3 Å². The lowest BCUT2D eigenvalue weighted by molar-refractivity contribution is 0.151. The van der Waals surface area contributed by atoms with Crippen molar-refractivity contribution in [3.63, 3.8) is 0 Å². The fraction of sp³-hybridized carbons (Fsp3) is 0.471. The maximum absolute atomic E-state index is 5.39. The standard InChI is InChI=1S/C17H24N2OS/c1-3-18-16(14-8-6-5-7-9-14)12-15-13-21-17(19-15)10-11-20-4-2/h5-9,13,16,18H,3-4,10-12H2,1-2H3. The van der Waals surface area contributed by atoms with Gasteiger partial charge in [0.25, 0.3) is 0 Å². The molecule has 3 nitrogen and oxygen atoms in total. The molecule has 1 N–H and O–H groups in total. The van der Waals surface area contributed by atoms with E-state index in [0.717, 1.165) is 32.6 Å². The number of rotatable bonds is 9. The second-order valence-electron chi connectivity index (χ2n) is 4.90. The van der Waals surface area contributed by atoms with Gasteiger partial charge in [-0.25, -0.2) is 4.98 Å². The van der Waals surface area contributed by atoms with Crippen molar-refractivity contribution in [3.05, 3.63) is 52.0 Å². The molecule has 1 unspecified atom stereocenters. The lowest BCUT2D eigenvalue weighted by Crippen LogP contribution is -2.23. The second-order valence-corrected chi connectivity index (χ2v) is 5.85. The molecule has 0 radical (unpaired) electrons. The molecule has 114 valence electrons. The van der Waals surface area contributed by atoms with Crippen LogP contribution in [0.2, 0.25) is 0 Å². The van der Waals surface area contributed by atoms with E-state index in [0.29, 0.717) is 6.04 Å². The Morgan fingerprint density at radius 3 is 2.76 bits per heavy atom. The van der Waals surface area contributed by atoms with Gasteiger partial charge < -0.3 is 10.1 Å². The first kappa shape index (κ1) is 16.1. The Bertz CT molecular complexity index is 513. The maximum Gasteiger partial charge on any atom is 0.0951 e. The molecule has 1 aromatic carbocycles. The topological polar surface area (TPSA) is 34.1 Å². The highest BCUT2D eigenvalue weighted by molar-refractivity contribution is 7.09. The van der Waals surface area contributed by atoms with Gasteiger partial charge in [-0.15, -0.1) is 11.3 Å². The molecule has 0 saturated heterocycles. The summed E-state index contributed by atoms with van der Waals surface area (Å²) in [6.45, 7) is 6.66. The van der Waals surface area contributed by atoms with E-state index in [-0.39, 0.29) is 0 Å². The Morgan fingerprint density at radius 2 is 2.05 bits per heavy atom. The third-order valence-electron chi connectivity index (χ3n) is 3.33. The molecule has 0 spiro atoms. The van der Waals surface area contributed by atoms with Crippen LogP contribution in [-0.2, 0) is 17.6 Å². The number of aromatic nitrogens is 1. The van der Waals surface area contributed by atoms with Crippen molar-refractivity contribution in [2.45, 2.75) is 32.7 Å². The molecule has 2 aromatic rings. The average Bonchev–Trinajstić information content (AvgIpc) is 2.96. The third kappa shape index (κ3) is 5.23. The number of nitrogens with zero attached hydrogens (tertiary/aromatic N) is 1. The Morgan fingerprint density at radius 1 is 1.24 bits per heavy atom. The van der Waals surface area contributed by atoms with Crippen LogP contribution >= 0.6 is 11.3 Å². The lowest BCUT2D eigenvalue weighted by atomic mass is 10.0. The van der Waals surface area contributed by atoms with E-state index >= 15 is 0 Å². The second kappa shape index (κ2) is 8.93. The summed E-state index contributed by atoms with van der Waals surface area (Å²) in [5.41, 5.74) is 2.49. The Hall–Kier alpha value is -1.23. The first-order valence-electron chi connectivity index (χ1n) is 7.62. The first-order chi connectivity index (χ1) is 10.3. The van der Waals surface area contributed by atoms with Crippen LogP contribution in [-0.4, -0.2) is 24.7 Å². The smallest absolute Gasteiger partial charge is 0.0951 e. The largest absolute Gasteiger partial charge is 0.381 e. The quantitative estimate of drug-likeness (QED) is 0.719. The molecule has 1 heterocycles. The summed E-state index contributed by atoms with van der Waals surface area (Å²) in [6.07, 6.45) is 1.85. The zero-order chi connectivity index (χ0) is 14.9. The monoisotopic (exact) mass is 304 g/mol. The van der Waals surface area contributed by atoms with Gasteiger partial charge in [0.05, 0.1) is 17.3 Å². The molecule has 2 rings (SSSR count). The normalized spacial score (nSPS) is 12.5. The number of nitrogens with one attached hydrogen (secondary N) is 1. The molecule has 0 aliphatic carbocycles. The van der Waals surface area contributed by atoms with Gasteiger partial charge in [0.15, 0.2) is 0 Å². The fourth-order valence-electron chi connectivity index (χ4n) is 2.31. The fourth-order valence-corrected chi connectivity index (χ4v) is 3.10. The molecule has 1 atom stereocenters. The van der Waals surface area contributed by atoms with E-state index in [9.17, 15) is 0 Å². The van der Waals surface area contributed by atoms with Crippen molar-refractivity contribution in [2.24, 2.45) is 0 Å². The summed E-state index contributed by atoms with van der Waals surface area (Å²) in [5.74, 6) is 0. The minimum absolute atomic E-state index is 0.332. The van der Waals surface area contributed by atoms with Crippen LogP contribution in [0.5, 0.6) is 0 Å². The molecule has 0 saturated carbocycles. The maximum atomic E-state index is 5.39. The molecule has 21 heavy (non-hydrogen) atoms. The van der Waals surface area contributed by atoms with Gasteiger partial charge in [0.2, 0.25) is 0 Å². The molecule has 0 fully saturated rings. The zero-order valence-corrected chi connectivity index (χ0v) is 13.7. The van der Waals surface area contributed by atoms with Crippen LogP contribution < -0.4 is 5.32 Å². The zero-order valence-electron chi connectivity index (χ0n) is 12.8. The van der Waals surface area contributed by atoms with Crippen molar-refractivity contribution in [1.29, 1.82) is 0 Å². The van der Waals surface area contributed by atoms with E-state index in [2.05, 4.69) is 48.0 Å². The highest BCUT2D eigenvalue weighted by Crippen LogP contribution is 2.20. The average molecular weight is 304 g/mol. The molecular weight excluding hydrogens is 280 g/mol. The Balaban J connectivity index is 1.97. The van der Waals surface area contributed by atoms with Crippen molar-refractivity contribution >= 4 is 11.3 Å². The minimum Gasteiger partial charge on any atom is -0.381 e. The summed E-state index contributed by atoms with van der Waals surface area (Å²) in [5, 5.41) is 6.89. The van der Waals surface area contributed by atoms with Crippen molar-refractivity contribution in [3.8, 4) is 0 Å². The van der Waals surface area contributed by atoms with Gasteiger partial charge in [-0.05, 0) is 19.0 Å². The van der Waals surface area contributed by atoms with E-state index in [1.807, 2.05) is 6.92 Å². The predicted octanol–water partition coefficient (Wildman–Crippen LogP) is 3.62. The molecule has 4 heteroatoms. The van der Waals surface area contributed by atoms with E-state index in [4.69, 9.17) is 9.72 Å². The Kier molecular flexibility index (Phi) is 6.86. The molecule has 0 aliphatic rings. The van der Waals surface area contributed by atoms with Crippen molar-refractivity contribution in [2.75, 3.05) is 19.8 Å². The SMILES string of the molecule is CCNC(Cc1csc(CCOCC)n1)c1ccccc1. The summed E-state index contributed by atoms with van der Waals surface area (Å²) in [6, 6.07) is 10.9. The lowest BCUT2D eigenvalue weighted by Gasteiger charge is -2.17. The van der Waals surface area contributed by atoms with Crippen LogP contribution in [0.4, 0.5) is 0 Å². The van der Waals surface area contributed by atoms with Gasteiger partial charge in [-0.3, -0.25) is 0 Å². The number of thiazole rings is 1. The summed E-state index contributed by atoms with van der Waals surface area (Å²) in [4.78, 5) is 4.73. The molecular formula is C17H24N2OS. The Labute approximate surface area is 131 Å². The van der Waals surface area contributed by atoms with Crippen LogP contribution in [0, 0.1) is 0 Å². The molecule has 1 aromatic heterocycles. The number of benzene rings is 1. The van der Waals surface area contributed by atoms with Gasteiger partial charge in [-0.2, -0.15) is 0 Å². The van der Waals surface area contributed by atoms with Crippen LogP contribution in [0.15, 0.2) is 35.7 Å². The molecule has 0 aliphatic heterocycles. The van der Waals surface area contributed by atoms with E-state index < -0.39 is 0 Å².